The van der Waals surface area contributed by atoms with E-state index < -0.39 is 0 Å². The standard InChI is InChI=1S/C13H21N5O/c19-13-10(14-6-7-15-13)8-11-16-12(18-17-11)9-4-2-1-3-5-9/h9-10,14H,1-8H2,(H,15,19)(H,16,17,18). The molecular formula is C13H21N5O. The molecular weight excluding hydrogens is 242 g/mol. The number of aromatic nitrogens is 3. The average Bonchev–Trinajstić information content (AvgIpc) is 2.91. The minimum atomic E-state index is -0.180. The molecule has 3 N–H and O–H groups in total. The number of nitrogens with one attached hydrogen (secondary N) is 3. The molecule has 6 heteroatoms. The molecule has 1 atom stereocenters. The Hall–Kier alpha value is -1.43. The van der Waals surface area contributed by atoms with Gasteiger partial charge in [-0.05, 0) is 12.8 Å². The third kappa shape index (κ3) is 2.94. The minimum absolute atomic E-state index is 0.0573. The Labute approximate surface area is 112 Å². The molecule has 1 saturated carbocycles. The van der Waals surface area contributed by atoms with Crippen LogP contribution >= 0.6 is 0 Å². The van der Waals surface area contributed by atoms with E-state index in [1.165, 1.54) is 32.1 Å². The first-order chi connectivity index (χ1) is 9.33. The minimum Gasteiger partial charge on any atom is -0.353 e. The maximum atomic E-state index is 11.7. The van der Waals surface area contributed by atoms with Crippen molar-refractivity contribution in [1.82, 2.24) is 25.8 Å². The number of hydrogen-bond donors (Lipinski definition) is 3. The lowest BCUT2D eigenvalue weighted by Crippen LogP contribution is -2.53. The summed E-state index contributed by atoms with van der Waals surface area (Å²) < 4.78 is 0. The lowest BCUT2D eigenvalue weighted by Gasteiger charge is -2.22. The fourth-order valence-corrected chi connectivity index (χ4v) is 2.95. The van der Waals surface area contributed by atoms with E-state index in [9.17, 15) is 4.79 Å². The van der Waals surface area contributed by atoms with E-state index in [0.717, 1.165) is 18.2 Å². The quantitative estimate of drug-likeness (QED) is 0.741. The van der Waals surface area contributed by atoms with Gasteiger partial charge in [0, 0.05) is 25.4 Å². The average molecular weight is 263 g/mol. The van der Waals surface area contributed by atoms with Crippen LogP contribution in [0.15, 0.2) is 0 Å². The largest absolute Gasteiger partial charge is 0.353 e. The van der Waals surface area contributed by atoms with Crippen molar-refractivity contribution in [3.63, 3.8) is 0 Å². The van der Waals surface area contributed by atoms with E-state index in [2.05, 4.69) is 25.8 Å². The predicted molar refractivity (Wildman–Crippen MR) is 70.7 cm³/mol. The van der Waals surface area contributed by atoms with Gasteiger partial charge in [0.15, 0.2) is 5.82 Å². The van der Waals surface area contributed by atoms with Crippen LogP contribution in [0.3, 0.4) is 0 Å². The third-order valence-electron chi connectivity index (χ3n) is 4.05. The molecule has 1 aromatic heterocycles. The van der Waals surface area contributed by atoms with E-state index in [-0.39, 0.29) is 11.9 Å². The van der Waals surface area contributed by atoms with E-state index in [1.54, 1.807) is 0 Å². The number of amides is 1. The normalized spacial score (nSPS) is 25.3. The molecule has 1 aliphatic heterocycles. The molecule has 1 saturated heterocycles. The summed E-state index contributed by atoms with van der Waals surface area (Å²) in [5.41, 5.74) is 0. The third-order valence-corrected chi connectivity index (χ3v) is 4.05. The monoisotopic (exact) mass is 263 g/mol. The molecule has 2 aliphatic rings. The first-order valence-corrected chi connectivity index (χ1v) is 7.25. The number of rotatable bonds is 3. The van der Waals surface area contributed by atoms with Gasteiger partial charge in [0.25, 0.3) is 0 Å². The molecule has 3 rings (SSSR count). The van der Waals surface area contributed by atoms with Crippen LogP contribution in [0.5, 0.6) is 0 Å². The van der Waals surface area contributed by atoms with Crippen molar-refractivity contribution in [1.29, 1.82) is 0 Å². The number of piperazine rings is 1. The van der Waals surface area contributed by atoms with Crippen molar-refractivity contribution in [3.05, 3.63) is 11.6 Å². The molecule has 1 amide bonds. The van der Waals surface area contributed by atoms with Gasteiger partial charge in [-0.3, -0.25) is 9.89 Å². The zero-order valence-corrected chi connectivity index (χ0v) is 11.1. The van der Waals surface area contributed by atoms with Crippen LogP contribution in [-0.2, 0) is 11.2 Å². The summed E-state index contributed by atoms with van der Waals surface area (Å²) in [7, 11) is 0. The highest BCUT2D eigenvalue weighted by Gasteiger charge is 2.24. The second kappa shape index (κ2) is 5.69. The van der Waals surface area contributed by atoms with E-state index in [4.69, 9.17) is 0 Å². The second-order valence-corrected chi connectivity index (χ2v) is 5.48. The highest BCUT2D eigenvalue weighted by atomic mass is 16.2. The van der Waals surface area contributed by atoms with Crippen molar-refractivity contribution in [2.75, 3.05) is 13.1 Å². The number of carbonyl (C=O) groups excluding carboxylic acids is 1. The van der Waals surface area contributed by atoms with Crippen LogP contribution in [0.1, 0.15) is 49.7 Å². The van der Waals surface area contributed by atoms with Crippen molar-refractivity contribution >= 4 is 5.91 Å². The molecule has 0 aromatic carbocycles. The Morgan fingerprint density at radius 2 is 2.00 bits per heavy atom. The fraction of sp³-hybridized carbons (Fsp3) is 0.769. The zero-order chi connectivity index (χ0) is 13.1. The van der Waals surface area contributed by atoms with Gasteiger partial charge in [-0.25, -0.2) is 4.98 Å². The van der Waals surface area contributed by atoms with E-state index >= 15 is 0 Å². The number of H-pyrrole nitrogens is 1. The molecule has 19 heavy (non-hydrogen) atoms. The highest BCUT2D eigenvalue weighted by molar-refractivity contribution is 5.82. The molecule has 1 aliphatic carbocycles. The Morgan fingerprint density at radius 3 is 2.79 bits per heavy atom. The number of aromatic amines is 1. The summed E-state index contributed by atoms with van der Waals surface area (Å²) in [5.74, 6) is 2.31. The van der Waals surface area contributed by atoms with Gasteiger partial charge in [-0.15, -0.1) is 0 Å². The molecule has 0 bridgehead atoms. The van der Waals surface area contributed by atoms with Crippen LogP contribution in [0.2, 0.25) is 0 Å². The Bertz CT molecular complexity index is 438. The molecule has 104 valence electrons. The van der Waals surface area contributed by atoms with Crippen LogP contribution in [0.25, 0.3) is 0 Å². The predicted octanol–water partition coefficient (Wildman–Crippen LogP) is 0.483. The molecule has 6 nitrogen and oxygen atoms in total. The van der Waals surface area contributed by atoms with Crippen LogP contribution < -0.4 is 10.6 Å². The lowest BCUT2D eigenvalue weighted by molar-refractivity contribution is -0.124. The van der Waals surface area contributed by atoms with Gasteiger partial charge >= 0.3 is 0 Å². The van der Waals surface area contributed by atoms with Crippen molar-refractivity contribution in [3.8, 4) is 0 Å². The molecule has 0 spiro atoms. The van der Waals surface area contributed by atoms with Crippen molar-refractivity contribution in [2.24, 2.45) is 0 Å². The smallest absolute Gasteiger partial charge is 0.237 e. The number of hydrogen-bond acceptors (Lipinski definition) is 4. The number of nitrogens with zero attached hydrogens (tertiary/aromatic N) is 2. The maximum Gasteiger partial charge on any atom is 0.237 e. The van der Waals surface area contributed by atoms with Crippen molar-refractivity contribution in [2.45, 2.75) is 50.5 Å². The van der Waals surface area contributed by atoms with E-state index in [1.807, 2.05) is 0 Å². The fourth-order valence-electron chi connectivity index (χ4n) is 2.95. The summed E-state index contributed by atoms with van der Waals surface area (Å²) in [4.78, 5) is 16.2. The second-order valence-electron chi connectivity index (χ2n) is 5.48. The van der Waals surface area contributed by atoms with Gasteiger partial charge in [0.05, 0.1) is 6.04 Å². The Balaban J connectivity index is 1.62. The molecule has 2 heterocycles. The molecule has 1 unspecified atom stereocenters. The summed E-state index contributed by atoms with van der Waals surface area (Å²) >= 11 is 0. The first-order valence-electron chi connectivity index (χ1n) is 7.25. The summed E-state index contributed by atoms with van der Waals surface area (Å²) in [5, 5.41) is 13.4. The van der Waals surface area contributed by atoms with Crippen LogP contribution in [0.4, 0.5) is 0 Å². The van der Waals surface area contributed by atoms with Gasteiger partial charge in [0.2, 0.25) is 5.91 Å². The highest BCUT2D eigenvalue weighted by Crippen LogP contribution is 2.30. The summed E-state index contributed by atoms with van der Waals surface area (Å²) in [6.45, 7) is 1.53. The van der Waals surface area contributed by atoms with Gasteiger partial charge in [0.1, 0.15) is 5.82 Å². The van der Waals surface area contributed by atoms with Crippen LogP contribution in [-0.4, -0.2) is 40.2 Å². The van der Waals surface area contributed by atoms with Gasteiger partial charge in [-0.2, -0.15) is 5.10 Å². The van der Waals surface area contributed by atoms with Crippen LogP contribution in [0, 0.1) is 0 Å². The Morgan fingerprint density at radius 1 is 1.16 bits per heavy atom. The summed E-state index contributed by atoms with van der Waals surface area (Å²) in [6, 6.07) is -0.180. The first kappa shape index (κ1) is 12.6. The molecule has 0 radical (unpaired) electrons. The maximum absolute atomic E-state index is 11.7. The SMILES string of the molecule is O=C1NCCNC1Cc1nc(C2CCCCC2)n[nH]1. The van der Waals surface area contributed by atoms with Crippen molar-refractivity contribution < 1.29 is 4.79 Å². The molecule has 1 aromatic rings. The van der Waals surface area contributed by atoms with Gasteiger partial charge < -0.3 is 10.6 Å². The number of carbonyl (C=O) groups is 1. The Kier molecular flexibility index (Phi) is 3.77. The van der Waals surface area contributed by atoms with Gasteiger partial charge in [-0.1, -0.05) is 19.3 Å². The topological polar surface area (TPSA) is 82.7 Å². The van der Waals surface area contributed by atoms with E-state index in [0.29, 0.717) is 18.9 Å². The zero-order valence-electron chi connectivity index (χ0n) is 11.1. The molecule has 2 fully saturated rings. The summed E-state index contributed by atoms with van der Waals surface area (Å²) in [6.07, 6.45) is 6.87. The lowest BCUT2D eigenvalue weighted by atomic mass is 9.89.